The number of ether oxygens (including phenoxy) is 2. The number of para-hydroxylation sites is 1. The molecule has 2 heterocycles. The fraction of sp³-hybridized carbons (Fsp3) is 0.0714. The molecule has 0 aliphatic rings. The first kappa shape index (κ1) is 26.5. The summed E-state index contributed by atoms with van der Waals surface area (Å²) in [5, 5.41) is 10.1. The quantitative estimate of drug-likeness (QED) is 0.127. The second kappa shape index (κ2) is 11.7. The lowest BCUT2D eigenvalue weighted by Gasteiger charge is -2.12. The summed E-state index contributed by atoms with van der Waals surface area (Å²) in [5.74, 6) is 0.478. The molecule has 0 aliphatic heterocycles. The number of halogens is 3. The molecule has 0 unspecified atom stereocenters. The van der Waals surface area contributed by atoms with Gasteiger partial charge in [-0.1, -0.05) is 53.0 Å². The molecule has 0 saturated heterocycles. The number of carbonyl (C=O) groups is 1. The molecule has 5 rings (SSSR count). The highest BCUT2D eigenvalue weighted by Crippen LogP contribution is 2.39. The van der Waals surface area contributed by atoms with Crippen LogP contribution in [0.3, 0.4) is 0 Å². The minimum Gasteiger partial charge on any atom is -0.497 e. The van der Waals surface area contributed by atoms with Gasteiger partial charge in [0.1, 0.15) is 16.7 Å². The molecule has 39 heavy (non-hydrogen) atoms. The standard InChI is InChI=1S/C28H20Cl3N5O3/c1-38-22-7-8-25-17(10-22)9-18(28(31)34-25)13-32-35-26(37)16-39-27-23(11-20(29)12-24(27)30)19-14-33-36(15-19)21-5-3-2-4-6-21/h2-15H,16H2,1H3,(H,35,37)/b32-13-. The largest absolute Gasteiger partial charge is 0.497 e. The predicted octanol–water partition coefficient (Wildman–Crippen LogP) is 6.59. The maximum absolute atomic E-state index is 12.5. The van der Waals surface area contributed by atoms with E-state index in [9.17, 15) is 4.79 Å². The van der Waals surface area contributed by atoms with Crippen LogP contribution in [0.1, 0.15) is 5.56 Å². The summed E-state index contributed by atoms with van der Waals surface area (Å²) < 4.78 is 12.8. The van der Waals surface area contributed by atoms with Crippen LogP contribution in [0.15, 0.2) is 84.2 Å². The van der Waals surface area contributed by atoms with Crippen LogP contribution in [-0.4, -0.2) is 40.6 Å². The van der Waals surface area contributed by atoms with E-state index >= 15 is 0 Å². The van der Waals surface area contributed by atoms with Crippen LogP contribution in [0.25, 0.3) is 27.7 Å². The Kier molecular flexibility index (Phi) is 7.97. The van der Waals surface area contributed by atoms with E-state index in [0.29, 0.717) is 38.7 Å². The molecule has 0 radical (unpaired) electrons. The molecule has 0 spiro atoms. The lowest BCUT2D eigenvalue weighted by atomic mass is 10.1. The van der Waals surface area contributed by atoms with Crippen molar-refractivity contribution in [2.45, 2.75) is 0 Å². The SMILES string of the molecule is COc1ccc2nc(Cl)c(/C=N\NC(=O)COc3c(Cl)cc(Cl)cc3-c3cnn(-c4ccccc4)c3)cc2c1. The Morgan fingerprint density at radius 1 is 1.08 bits per heavy atom. The predicted molar refractivity (Wildman–Crippen MR) is 154 cm³/mol. The highest BCUT2D eigenvalue weighted by atomic mass is 35.5. The minimum atomic E-state index is -0.505. The fourth-order valence-corrected chi connectivity index (χ4v) is 4.56. The second-order valence-corrected chi connectivity index (χ2v) is 9.48. The van der Waals surface area contributed by atoms with Gasteiger partial charge in [0.15, 0.2) is 6.61 Å². The van der Waals surface area contributed by atoms with Crippen LogP contribution in [0.4, 0.5) is 0 Å². The molecular formula is C28H20Cl3N5O3. The smallest absolute Gasteiger partial charge is 0.277 e. The topological polar surface area (TPSA) is 90.6 Å². The van der Waals surface area contributed by atoms with Crippen molar-refractivity contribution in [2.24, 2.45) is 5.10 Å². The summed E-state index contributed by atoms with van der Waals surface area (Å²) in [6, 6.07) is 20.1. The Morgan fingerprint density at radius 2 is 1.90 bits per heavy atom. The maximum Gasteiger partial charge on any atom is 0.277 e. The number of nitrogens with one attached hydrogen (secondary N) is 1. The molecule has 8 nitrogen and oxygen atoms in total. The molecule has 0 saturated carbocycles. The number of aromatic nitrogens is 3. The summed E-state index contributed by atoms with van der Waals surface area (Å²) in [6.07, 6.45) is 4.90. The van der Waals surface area contributed by atoms with Gasteiger partial charge >= 0.3 is 0 Å². The van der Waals surface area contributed by atoms with E-state index in [1.54, 1.807) is 42.3 Å². The third-order valence-corrected chi connectivity index (χ3v) is 6.47. The van der Waals surface area contributed by atoms with Crippen molar-refractivity contribution in [1.29, 1.82) is 0 Å². The highest BCUT2D eigenvalue weighted by molar-refractivity contribution is 6.36. The van der Waals surface area contributed by atoms with E-state index < -0.39 is 5.91 Å². The zero-order valence-corrected chi connectivity index (χ0v) is 22.7. The lowest BCUT2D eigenvalue weighted by molar-refractivity contribution is -0.123. The number of hydrogen-bond donors (Lipinski definition) is 1. The van der Waals surface area contributed by atoms with E-state index in [2.05, 4.69) is 20.6 Å². The van der Waals surface area contributed by atoms with E-state index in [1.807, 2.05) is 48.7 Å². The third-order valence-electron chi connectivity index (χ3n) is 5.67. The number of rotatable bonds is 8. The molecule has 0 atom stereocenters. The van der Waals surface area contributed by atoms with Gasteiger partial charge < -0.3 is 9.47 Å². The molecule has 3 aromatic carbocycles. The van der Waals surface area contributed by atoms with E-state index in [1.165, 1.54) is 6.21 Å². The third kappa shape index (κ3) is 6.15. The molecule has 196 valence electrons. The van der Waals surface area contributed by atoms with Gasteiger partial charge in [-0.2, -0.15) is 10.2 Å². The van der Waals surface area contributed by atoms with Crippen molar-refractivity contribution in [3.8, 4) is 28.3 Å². The van der Waals surface area contributed by atoms with E-state index in [-0.39, 0.29) is 16.8 Å². The van der Waals surface area contributed by atoms with Gasteiger partial charge in [0, 0.05) is 33.3 Å². The molecule has 2 aromatic heterocycles. The summed E-state index contributed by atoms with van der Waals surface area (Å²) in [7, 11) is 1.59. The highest BCUT2D eigenvalue weighted by Gasteiger charge is 2.16. The zero-order chi connectivity index (χ0) is 27.4. The van der Waals surface area contributed by atoms with Crippen molar-refractivity contribution in [2.75, 3.05) is 13.7 Å². The summed E-state index contributed by atoms with van der Waals surface area (Å²) in [6.45, 7) is -0.348. The summed E-state index contributed by atoms with van der Waals surface area (Å²) in [5.41, 5.74) is 5.85. The first-order valence-corrected chi connectivity index (χ1v) is 12.7. The molecular weight excluding hydrogens is 561 g/mol. The maximum atomic E-state index is 12.5. The average molecular weight is 581 g/mol. The van der Waals surface area contributed by atoms with Crippen molar-refractivity contribution in [3.05, 3.63) is 99.9 Å². The van der Waals surface area contributed by atoms with Crippen molar-refractivity contribution in [3.63, 3.8) is 0 Å². The molecule has 0 bridgehead atoms. The van der Waals surface area contributed by atoms with Gasteiger partial charge in [-0.05, 0) is 48.5 Å². The zero-order valence-electron chi connectivity index (χ0n) is 20.4. The average Bonchev–Trinajstić information content (AvgIpc) is 3.43. The van der Waals surface area contributed by atoms with Crippen LogP contribution >= 0.6 is 34.8 Å². The Bertz CT molecular complexity index is 1690. The van der Waals surface area contributed by atoms with Gasteiger partial charge in [0.25, 0.3) is 5.91 Å². The molecule has 11 heteroatoms. The monoisotopic (exact) mass is 579 g/mol. The Balaban J connectivity index is 1.29. The summed E-state index contributed by atoms with van der Waals surface area (Å²) >= 11 is 19.0. The van der Waals surface area contributed by atoms with Gasteiger partial charge in [0.2, 0.25) is 0 Å². The van der Waals surface area contributed by atoms with Crippen molar-refractivity contribution in [1.82, 2.24) is 20.2 Å². The fourth-order valence-electron chi connectivity index (χ4n) is 3.81. The van der Waals surface area contributed by atoms with Crippen LogP contribution in [0.5, 0.6) is 11.5 Å². The van der Waals surface area contributed by atoms with Gasteiger partial charge in [-0.15, -0.1) is 0 Å². The van der Waals surface area contributed by atoms with Crippen molar-refractivity contribution < 1.29 is 14.3 Å². The van der Waals surface area contributed by atoms with Crippen LogP contribution in [0.2, 0.25) is 15.2 Å². The van der Waals surface area contributed by atoms with Gasteiger partial charge in [0.05, 0.1) is 35.7 Å². The minimum absolute atomic E-state index is 0.246. The molecule has 0 aliphatic carbocycles. The van der Waals surface area contributed by atoms with E-state index in [4.69, 9.17) is 44.3 Å². The normalized spacial score (nSPS) is 11.2. The number of carbonyl (C=O) groups excluding carboxylic acids is 1. The number of fused-ring (bicyclic) bond motifs is 1. The van der Waals surface area contributed by atoms with Crippen LogP contribution in [0, 0.1) is 0 Å². The van der Waals surface area contributed by atoms with Crippen LogP contribution in [-0.2, 0) is 4.79 Å². The number of hydrazone groups is 1. The van der Waals surface area contributed by atoms with Gasteiger partial charge in [-0.3, -0.25) is 4.79 Å². The molecule has 1 N–H and O–H groups in total. The second-order valence-electron chi connectivity index (χ2n) is 8.28. The Labute approximate surface area is 238 Å². The number of methoxy groups -OCH3 is 1. The Hall–Kier alpha value is -4.11. The van der Waals surface area contributed by atoms with Crippen LogP contribution < -0.4 is 14.9 Å². The molecule has 0 fully saturated rings. The number of hydrogen-bond acceptors (Lipinski definition) is 6. The Morgan fingerprint density at radius 3 is 2.69 bits per heavy atom. The first-order valence-electron chi connectivity index (χ1n) is 11.6. The molecule has 1 amide bonds. The lowest BCUT2D eigenvalue weighted by Crippen LogP contribution is -2.24. The molecule has 5 aromatic rings. The van der Waals surface area contributed by atoms with Gasteiger partial charge in [-0.25, -0.2) is 15.1 Å². The van der Waals surface area contributed by atoms with E-state index in [0.717, 1.165) is 11.1 Å². The van der Waals surface area contributed by atoms with Crippen molar-refractivity contribution >= 4 is 57.8 Å². The number of nitrogens with zero attached hydrogens (tertiary/aromatic N) is 4. The number of benzene rings is 3. The number of pyridine rings is 1. The first-order chi connectivity index (χ1) is 18.9. The summed E-state index contributed by atoms with van der Waals surface area (Å²) in [4.78, 5) is 16.9. The number of amides is 1.